The van der Waals surface area contributed by atoms with E-state index in [0.717, 1.165) is 57.5 Å². The van der Waals surface area contributed by atoms with Crippen molar-refractivity contribution < 1.29 is 4.74 Å². The maximum Gasteiger partial charge on any atom is 0.191 e. The lowest BCUT2D eigenvalue weighted by atomic mass is 10.1. The van der Waals surface area contributed by atoms with Gasteiger partial charge in [0.25, 0.3) is 0 Å². The van der Waals surface area contributed by atoms with Crippen molar-refractivity contribution in [2.75, 3.05) is 46.4 Å². The molecular weight excluding hydrogens is 372 g/mol. The first-order valence-electron chi connectivity index (χ1n) is 9.89. The van der Waals surface area contributed by atoms with Crippen LogP contribution in [-0.4, -0.2) is 67.1 Å². The topological polar surface area (TPSA) is 66.7 Å². The molecule has 3 rings (SSSR count). The smallest absolute Gasteiger partial charge is 0.191 e. The van der Waals surface area contributed by atoms with E-state index in [4.69, 9.17) is 4.74 Å². The second kappa shape index (κ2) is 10.0. The predicted molar refractivity (Wildman–Crippen MR) is 115 cm³/mol. The van der Waals surface area contributed by atoms with Crippen LogP contribution in [0.2, 0.25) is 0 Å². The lowest BCUT2D eigenvalue weighted by Gasteiger charge is -2.34. The molecule has 0 aliphatic carbocycles. The third-order valence-corrected chi connectivity index (χ3v) is 6.34. The maximum absolute atomic E-state index is 5.53. The van der Waals surface area contributed by atoms with E-state index >= 15 is 0 Å². The molecule has 1 unspecified atom stereocenters. The minimum atomic E-state index is 0.338. The highest BCUT2D eigenvalue weighted by atomic mass is 32.1. The largest absolute Gasteiger partial charge is 0.379 e. The lowest BCUT2D eigenvalue weighted by molar-refractivity contribution is 0.0177. The zero-order valence-corrected chi connectivity index (χ0v) is 18.2. The number of nitrogens with one attached hydrogen (secondary N) is 2. The van der Waals surface area contributed by atoms with Crippen LogP contribution >= 0.6 is 11.3 Å². The number of thiophene rings is 1. The number of hydrogen-bond acceptors (Lipinski definition) is 5. The average Bonchev–Trinajstić information content (AvgIpc) is 3.31. The highest BCUT2D eigenvalue weighted by Gasteiger charge is 2.23. The fourth-order valence-electron chi connectivity index (χ4n) is 3.68. The molecule has 1 fully saturated rings. The van der Waals surface area contributed by atoms with E-state index in [1.807, 2.05) is 30.1 Å². The second-order valence-electron chi connectivity index (χ2n) is 7.08. The summed E-state index contributed by atoms with van der Waals surface area (Å²) in [7, 11) is 3.82. The Morgan fingerprint density at radius 1 is 1.32 bits per heavy atom. The van der Waals surface area contributed by atoms with E-state index in [1.54, 1.807) is 0 Å². The molecule has 1 aliphatic heterocycles. The van der Waals surface area contributed by atoms with Crippen LogP contribution in [0.5, 0.6) is 0 Å². The standard InChI is InChI=1S/C20H32N6OS/c1-15-17(16(2)25(4)24-15)7-8-22-20(21-3)23-14-18(19-6-5-13-28-19)26-9-11-27-12-10-26/h5-6,13,18H,7-12,14H2,1-4H3,(H2,21,22,23). The van der Waals surface area contributed by atoms with Crippen molar-refractivity contribution >= 4 is 17.3 Å². The summed E-state index contributed by atoms with van der Waals surface area (Å²) < 4.78 is 7.48. The van der Waals surface area contributed by atoms with Gasteiger partial charge in [0.15, 0.2) is 5.96 Å². The van der Waals surface area contributed by atoms with Gasteiger partial charge in [-0.1, -0.05) is 6.07 Å². The fourth-order valence-corrected chi connectivity index (χ4v) is 4.54. The summed E-state index contributed by atoms with van der Waals surface area (Å²) in [5.74, 6) is 0.842. The van der Waals surface area contributed by atoms with Crippen molar-refractivity contribution in [3.8, 4) is 0 Å². The first-order valence-corrected chi connectivity index (χ1v) is 10.8. The molecule has 0 aromatic carbocycles. The Bertz CT molecular complexity index is 764. The number of aromatic nitrogens is 2. The molecule has 154 valence electrons. The summed E-state index contributed by atoms with van der Waals surface area (Å²) in [6.45, 7) is 9.39. The van der Waals surface area contributed by atoms with Gasteiger partial charge in [0.1, 0.15) is 0 Å². The summed E-state index contributed by atoms with van der Waals surface area (Å²) >= 11 is 1.81. The van der Waals surface area contributed by atoms with Gasteiger partial charge in [-0.2, -0.15) is 5.10 Å². The van der Waals surface area contributed by atoms with E-state index < -0.39 is 0 Å². The highest BCUT2D eigenvalue weighted by Crippen LogP contribution is 2.25. The first-order chi connectivity index (χ1) is 13.6. The van der Waals surface area contributed by atoms with Crippen LogP contribution in [0.25, 0.3) is 0 Å². The SMILES string of the molecule is CN=C(NCCc1c(C)nn(C)c1C)NCC(c1cccs1)N1CCOCC1. The van der Waals surface area contributed by atoms with Crippen molar-refractivity contribution in [2.45, 2.75) is 26.3 Å². The molecule has 2 N–H and O–H groups in total. The van der Waals surface area contributed by atoms with E-state index in [0.29, 0.717) is 6.04 Å². The summed E-state index contributed by atoms with van der Waals surface area (Å²) in [6.07, 6.45) is 0.935. The number of hydrogen-bond donors (Lipinski definition) is 2. The van der Waals surface area contributed by atoms with Crippen molar-refractivity contribution in [1.82, 2.24) is 25.3 Å². The van der Waals surface area contributed by atoms with Crippen LogP contribution in [0, 0.1) is 13.8 Å². The van der Waals surface area contributed by atoms with Gasteiger partial charge in [0.2, 0.25) is 0 Å². The lowest BCUT2D eigenvalue weighted by Crippen LogP contribution is -2.46. The Balaban J connectivity index is 1.54. The van der Waals surface area contributed by atoms with Crippen molar-refractivity contribution in [3.63, 3.8) is 0 Å². The first kappa shape index (κ1) is 20.8. The van der Waals surface area contributed by atoms with E-state index in [-0.39, 0.29) is 0 Å². The van der Waals surface area contributed by atoms with E-state index in [1.165, 1.54) is 16.1 Å². The molecule has 1 saturated heterocycles. The molecule has 7 nitrogen and oxygen atoms in total. The minimum absolute atomic E-state index is 0.338. The summed E-state index contributed by atoms with van der Waals surface area (Å²) in [5, 5.41) is 13.6. The molecule has 0 saturated carbocycles. The Hall–Kier alpha value is -1.90. The third kappa shape index (κ3) is 5.12. The number of rotatable bonds is 7. The Labute approximate surface area is 171 Å². The van der Waals surface area contributed by atoms with Gasteiger partial charge >= 0.3 is 0 Å². The van der Waals surface area contributed by atoms with Gasteiger partial charge in [-0.15, -0.1) is 11.3 Å². The summed E-state index contributed by atoms with van der Waals surface area (Å²) in [4.78, 5) is 8.28. The van der Waals surface area contributed by atoms with Crippen LogP contribution in [-0.2, 0) is 18.2 Å². The number of aryl methyl sites for hydroxylation is 2. The number of morpholine rings is 1. The molecule has 0 radical (unpaired) electrons. The minimum Gasteiger partial charge on any atom is -0.379 e. The van der Waals surface area contributed by atoms with Gasteiger partial charge in [0.05, 0.1) is 24.9 Å². The quantitative estimate of drug-likeness (QED) is 0.545. The van der Waals surface area contributed by atoms with Gasteiger partial charge in [-0.05, 0) is 37.3 Å². The highest BCUT2D eigenvalue weighted by molar-refractivity contribution is 7.10. The molecule has 3 heterocycles. The number of guanidine groups is 1. The predicted octanol–water partition coefficient (Wildman–Crippen LogP) is 1.88. The Morgan fingerprint density at radius 2 is 2.11 bits per heavy atom. The normalized spacial score (nSPS) is 16.9. The summed E-state index contributed by atoms with van der Waals surface area (Å²) in [5.41, 5.74) is 3.65. The van der Waals surface area contributed by atoms with Crippen LogP contribution < -0.4 is 10.6 Å². The zero-order valence-electron chi connectivity index (χ0n) is 17.4. The molecule has 2 aromatic heterocycles. The van der Waals surface area contributed by atoms with Crippen LogP contribution in [0.1, 0.15) is 27.9 Å². The molecule has 0 amide bonds. The fraction of sp³-hybridized carbons (Fsp3) is 0.600. The molecule has 2 aromatic rings. The molecule has 28 heavy (non-hydrogen) atoms. The van der Waals surface area contributed by atoms with Crippen molar-refractivity contribution in [1.29, 1.82) is 0 Å². The Morgan fingerprint density at radius 3 is 2.71 bits per heavy atom. The molecular formula is C20H32N6OS. The van der Waals surface area contributed by atoms with Crippen LogP contribution in [0.3, 0.4) is 0 Å². The molecule has 1 atom stereocenters. The molecule has 1 aliphatic rings. The second-order valence-corrected chi connectivity index (χ2v) is 8.06. The maximum atomic E-state index is 5.53. The van der Waals surface area contributed by atoms with Crippen molar-refractivity contribution in [3.05, 3.63) is 39.3 Å². The molecule has 8 heteroatoms. The average molecular weight is 405 g/mol. The van der Waals surface area contributed by atoms with Crippen molar-refractivity contribution in [2.24, 2.45) is 12.0 Å². The van der Waals surface area contributed by atoms with E-state index in [2.05, 4.69) is 57.0 Å². The Kier molecular flexibility index (Phi) is 7.47. The molecule has 0 bridgehead atoms. The van der Waals surface area contributed by atoms with Crippen LogP contribution in [0.15, 0.2) is 22.5 Å². The van der Waals surface area contributed by atoms with E-state index in [9.17, 15) is 0 Å². The van der Waals surface area contributed by atoms with Gasteiger partial charge < -0.3 is 15.4 Å². The van der Waals surface area contributed by atoms with Gasteiger partial charge in [-0.25, -0.2) is 0 Å². The third-order valence-electron chi connectivity index (χ3n) is 5.37. The van der Waals surface area contributed by atoms with Crippen LogP contribution in [0.4, 0.5) is 0 Å². The number of ether oxygens (including phenoxy) is 1. The number of nitrogens with zero attached hydrogens (tertiary/aromatic N) is 4. The molecule has 0 spiro atoms. The number of aliphatic imine (C=N–C) groups is 1. The van der Waals surface area contributed by atoms with Gasteiger partial charge in [-0.3, -0.25) is 14.6 Å². The summed E-state index contributed by atoms with van der Waals surface area (Å²) in [6, 6.07) is 4.68. The monoisotopic (exact) mass is 404 g/mol. The van der Waals surface area contributed by atoms with Gasteiger partial charge in [0, 0.05) is 50.8 Å². The zero-order chi connectivity index (χ0) is 19.9.